The van der Waals surface area contributed by atoms with Gasteiger partial charge in [0, 0.05) is 58.1 Å². The first-order valence-corrected chi connectivity index (χ1v) is 9.80. The van der Waals surface area contributed by atoms with E-state index in [0.29, 0.717) is 12.1 Å². The van der Waals surface area contributed by atoms with Crippen LogP contribution in [0.2, 0.25) is 0 Å². The summed E-state index contributed by atoms with van der Waals surface area (Å²) < 4.78 is 5.24. The number of methoxy groups -OCH3 is 1. The first-order chi connectivity index (χ1) is 14.1. The number of benzene rings is 2. The zero-order valence-corrected chi connectivity index (χ0v) is 20.1. The van der Waals surface area contributed by atoms with Crippen molar-refractivity contribution in [3.63, 3.8) is 0 Å². The molecule has 1 amide bonds. The standard InChI is InChI=1S/C22H29N5O2.HI/c1-23-21(28)18-6-4-17(5-7-18)16-25-22(24-2)27-14-12-26(13-15-27)19-8-10-20(29-3)11-9-19;/h4-11H,12-16H2,1-3H3,(H,23,28)(H,24,25);1H. The van der Waals surface area contributed by atoms with E-state index in [-0.39, 0.29) is 29.9 Å². The Morgan fingerprint density at radius 3 is 2.20 bits per heavy atom. The third-order valence-electron chi connectivity index (χ3n) is 5.12. The zero-order valence-electron chi connectivity index (χ0n) is 17.7. The summed E-state index contributed by atoms with van der Waals surface area (Å²) in [7, 11) is 5.13. The molecule has 0 bridgehead atoms. The van der Waals surface area contributed by atoms with Gasteiger partial charge < -0.3 is 25.2 Å². The minimum absolute atomic E-state index is 0. The van der Waals surface area contributed by atoms with Gasteiger partial charge in [-0.15, -0.1) is 24.0 Å². The van der Waals surface area contributed by atoms with Crippen LogP contribution in [0.15, 0.2) is 53.5 Å². The molecule has 3 rings (SSSR count). The van der Waals surface area contributed by atoms with E-state index >= 15 is 0 Å². The molecular formula is C22H30IN5O2. The Morgan fingerprint density at radius 2 is 1.67 bits per heavy atom. The van der Waals surface area contributed by atoms with E-state index < -0.39 is 0 Å². The van der Waals surface area contributed by atoms with Gasteiger partial charge in [0.05, 0.1) is 7.11 Å². The van der Waals surface area contributed by atoms with Gasteiger partial charge in [-0.3, -0.25) is 9.79 Å². The Kier molecular flexibility index (Phi) is 9.22. The van der Waals surface area contributed by atoms with Crippen molar-refractivity contribution in [2.75, 3.05) is 52.3 Å². The summed E-state index contributed by atoms with van der Waals surface area (Å²) in [6.45, 7) is 4.35. The molecule has 1 saturated heterocycles. The van der Waals surface area contributed by atoms with Gasteiger partial charge in [-0.05, 0) is 42.0 Å². The average molecular weight is 523 g/mol. The van der Waals surface area contributed by atoms with Crippen LogP contribution in [0.1, 0.15) is 15.9 Å². The van der Waals surface area contributed by atoms with Crippen molar-refractivity contribution in [2.24, 2.45) is 4.99 Å². The van der Waals surface area contributed by atoms with Crippen LogP contribution in [0.3, 0.4) is 0 Å². The number of rotatable bonds is 5. The number of piperazine rings is 1. The van der Waals surface area contributed by atoms with Crippen molar-refractivity contribution >= 4 is 41.5 Å². The molecule has 162 valence electrons. The fourth-order valence-electron chi connectivity index (χ4n) is 3.40. The maximum atomic E-state index is 11.6. The molecule has 1 fully saturated rings. The normalized spacial score (nSPS) is 14.0. The Bertz CT molecular complexity index is 832. The van der Waals surface area contributed by atoms with Crippen LogP contribution >= 0.6 is 24.0 Å². The van der Waals surface area contributed by atoms with E-state index in [0.717, 1.165) is 43.5 Å². The molecular weight excluding hydrogens is 493 g/mol. The first kappa shape index (κ1) is 23.8. The van der Waals surface area contributed by atoms with Gasteiger partial charge in [0.1, 0.15) is 5.75 Å². The summed E-state index contributed by atoms with van der Waals surface area (Å²) in [5, 5.41) is 6.06. The van der Waals surface area contributed by atoms with Crippen molar-refractivity contribution in [1.82, 2.24) is 15.5 Å². The van der Waals surface area contributed by atoms with Crippen LogP contribution in [-0.4, -0.2) is 64.2 Å². The van der Waals surface area contributed by atoms with Gasteiger partial charge in [-0.2, -0.15) is 0 Å². The molecule has 2 aromatic carbocycles. The van der Waals surface area contributed by atoms with Crippen LogP contribution in [0.5, 0.6) is 5.75 Å². The van der Waals surface area contributed by atoms with Gasteiger partial charge in [0.2, 0.25) is 0 Å². The van der Waals surface area contributed by atoms with Gasteiger partial charge in [0.15, 0.2) is 5.96 Å². The monoisotopic (exact) mass is 523 g/mol. The van der Waals surface area contributed by atoms with E-state index in [2.05, 4.69) is 37.6 Å². The second kappa shape index (κ2) is 11.6. The molecule has 2 N–H and O–H groups in total. The predicted molar refractivity (Wildman–Crippen MR) is 132 cm³/mol. The van der Waals surface area contributed by atoms with Gasteiger partial charge in [0.25, 0.3) is 5.91 Å². The average Bonchev–Trinajstić information content (AvgIpc) is 2.80. The highest BCUT2D eigenvalue weighted by molar-refractivity contribution is 14.0. The number of nitrogens with zero attached hydrogens (tertiary/aromatic N) is 3. The molecule has 0 unspecified atom stereocenters. The highest BCUT2D eigenvalue weighted by Gasteiger charge is 2.19. The first-order valence-electron chi connectivity index (χ1n) is 9.80. The largest absolute Gasteiger partial charge is 0.497 e. The number of ether oxygens (including phenoxy) is 1. The van der Waals surface area contributed by atoms with Crippen molar-refractivity contribution in [2.45, 2.75) is 6.54 Å². The number of halogens is 1. The van der Waals surface area contributed by atoms with Crippen molar-refractivity contribution < 1.29 is 9.53 Å². The highest BCUT2D eigenvalue weighted by Crippen LogP contribution is 2.20. The minimum atomic E-state index is -0.0740. The zero-order chi connectivity index (χ0) is 20.6. The predicted octanol–water partition coefficient (Wildman–Crippen LogP) is 2.57. The third-order valence-corrected chi connectivity index (χ3v) is 5.12. The second-order valence-electron chi connectivity index (χ2n) is 6.85. The topological polar surface area (TPSA) is 69.2 Å². The Labute approximate surface area is 195 Å². The van der Waals surface area contributed by atoms with Crippen LogP contribution in [0.25, 0.3) is 0 Å². The van der Waals surface area contributed by atoms with Crippen LogP contribution in [-0.2, 0) is 6.54 Å². The van der Waals surface area contributed by atoms with Gasteiger partial charge in [-0.25, -0.2) is 0 Å². The van der Waals surface area contributed by atoms with Crippen molar-refractivity contribution in [1.29, 1.82) is 0 Å². The van der Waals surface area contributed by atoms with Crippen LogP contribution < -0.4 is 20.3 Å². The Balaban J connectivity index is 0.00000320. The van der Waals surface area contributed by atoms with Crippen LogP contribution in [0, 0.1) is 0 Å². The molecule has 30 heavy (non-hydrogen) atoms. The molecule has 1 aliphatic heterocycles. The summed E-state index contributed by atoms with van der Waals surface area (Å²) in [5.74, 6) is 1.70. The molecule has 0 radical (unpaired) electrons. The maximum Gasteiger partial charge on any atom is 0.251 e. The Hall–Kier alpha value is -2.49. The quantitative estimate of drug-likeness (QED) is 0.359. The number of amides is 1. The lowest BCUT2D eigenvalue weighted by Crippen LogP contribution is -2.52. The second-order valence-corrected chi connectivity index (χ2v) is 6.85. The van der Waals surface area contributed by atoms with Crippen molar-refractivity contribution in [3.05, 3.63) is 59.7 Å². The smallest absolute Gasteiger partial charge is 0.251 e. The highest BCUT2D eigenvalue weighted by atomic mass is 127. The molecule has 0 spiro atoms. The summed E-state index contributed by atoms with van der Waals surface area (Å²) in [4.78, 5) is 20.7. The van der Waals surface area contributed by atoms with E-state index in [4.69, 9.17) is 4.74 Å². The Morgan fingerprint density at radius 1 is 1.03 bits per heavy atom. The molecule has 2 aromatic rings. The maximum absolute atomic E-state index is 11.6. The molecule has 0 aromatic heterocycles. The number of guanidine groups is 1. The molecule has 0 atom stereocenters. The van der Waals surface area contributed by atoms with E-state index in [1.807, 2.05) is 43.4 Å². The minimum Gasteiger partial charge on any atom is -0.497 e. The summed E-state index contributed by atoms with van der Waals surface area (Å²) >= 11 is 0. The molecule has 8 heteroatoms. The van der Waals surface area contributed by atoms with Gasteiger partial charge in [-0.1, -0.05) is 12.1 Å². The van der Waals surface area contributed by atoms with E-state index in [1.165, 1.54) is 5.69 Å². The SMILES string of the molecule is CN=C(NCc1ccc(C(=O)NC)cc1)N1CCN(c2ccc(OC)cc2)CC1.I. The molecule has 0 aliphatic carbocycles. The van der Waals surface area contributed by atoms with Crippen molar-refractivity contribution in [3.8, 4) is 5.75 Å². The van der Waals surface area contributed by atoms with E-state index in [9.17, 15) is 4.79 Å². The number of nitrogens with one attached hydrogen (secondary N) is 2. The molecule has 0 saturated carbocycles. The number of carbonyl (C=O) groups excluding carboxylic acids is 1. The summed E-state index contributed by atoms with van der Waals surface area (Å²) in [6.07, 6.45) is 0. The molecule has 1 heterocycles. The number of anilines is 1. The fourth-order valence-corrected chi connectivity index (χ4v) is 3.40. The lowest BCUT2D eigenvalue weighted by Gasteiger charge is -2.37. The summed E-state index contributed by atoms with van der Waals surface area (Å²) in [6, 6.07) is 15.8. The van der Waals surface area contributed by atoms with E-state index in [1.54, 1.807) is 14.2 Å². The lowest BCUT2D eigenvalue weighted by molar-refractivity contribution is 0.0963. The molecule has 7 nitrogen and oxygen atoms in total. The van der Waals surface area contributed by atoms with Gasteiger partial charge >= 0.3 is 0 Å². The third kappa shape index (κ3) is 6.01. The number of carbonyl (C=O) groups is 1. The number of hydrogen-bond donors (Lipinski definition) is 2. The summed E-state index contributed by atoms with van der Waals surface area (Å²) in [5.41, 5.74) is 2.98. The van der Waals surface area contributed by atoms with Crippen LogP contribution in [0.4, 0.5) is 5.69 Å². The molecule has 1 aliphatic rings. The lowest BCUT2D eigenvalue weighted by atomic mass is 10.1. The number of aliphatic imine (C=N–C) groups is 1. The fraction of sp³-hybridized carbons (Fsp3) is 0.364. The number of hydrogen-bond acceptors (Lipinski definition) is 4.